The van der Waals surface area contributed by atoms with Gasteiger partial charge in [0.05, 0.1) is 0 Å². The van der Waals surface area contributed by atoms with Crippen molar-refractivity contribution in [3.8, 4) is 0 Å². The van der Waals surface area contributed by atoms with E-state index in [0.29, 0.717) is 6.04 Å². The minimum absolute atomic E-state index is 0.281. The summed E-state index contributed by atoms with van der Waals surface area (Å²) in [5.41, 5.74) is 10.2. The zero-order chi connectivity index (χ0) is 15.4. The molecule has 1 aliphatic rings. The molecule has 2 N–H and O–H groups in total. The van der Waals surface area contributed by atoms with Gasteiger partial charge in [-0.15, -0.1) is 0 Å². The van der Waals surface area contributed by atoms with Gasteiger partial charge in [-0.2, -0.15) is 0 Å². The van der Waals surface area contributed by atoms with Gasteiger partial charge in [0.1, 0.15) is 0 Å². The maximum Gasteiger partial charge on any atom is 0.0397 e. The molecule has 21 heavy (non-hydrogen) atoms. The van der Waals surface area contributed by atoms with Crippen molar-refractivity contribution in [2.75, 3.05) is 31.6 Å². The fraction of sp³-hybridized carbons (Fsp3) is 0.667. The zero-order valence-electron chi connectivity index (χ0n) is 14.1. The molecule has 2 rings (SSSR count). The fourth-order valence-corrected chi connectivity index (χ4v) is 3.25. The van der Waals surface area contributed by atoms with Crippen LogP contribution in [0.1, 0.15) is 37.8 Å². The summed E-state index contributed by atoms with van der Waals surface area (Å²) in [6, 6.07) is 7.83. The number of anilines is 1. The Morgan fingerprint density at radius 3 is 2.67 bits per heavy atom. The van der Waals surface area contributed by atoms with Crippen LogP contribution < -0.4 is 10.6 Å². The predicted octanol–water partition coefficient (Wildman–Crippen LogP) is 2.81. The van der Waals surface area contributed by atoms with Crippen LogP contribution in [0, 0.1) is 6.92 Å². The van der Waals surface area contributed by atoms with Gasteiger partial charge < -0.3 is 10.6 Å². The predicted molar refractivity (Wildman–Crippen MR) is 92.1 cm³/mol. The lowest BCUT2D eigenvalue weighted by atomic mass is 10.0. The molecular weight excluding hydrogens is 258 g/mol. The van der Waals surface area contributed by atoms with Crippen molar-refractivity contribution in [3.05, 3.63) is 29.3 Å². The van der Waals surface area contributed by atoms with E-state index < -0.39 is 0 Å². The van der Waals surface area contributed by atoms with Crippen molar-refractivity contribution in [2.24, 2.45) is 5.73 Å². The summed E-state index contributed by atoms with van der Waals surface area (Å²) in [4.78, 5) is 5.04. The molecule has 3 heteroatoms. The quantitative estimate of drug-likeness (QED) is 0.904. The molecule has 118 valence electrons. The Hall–Kier alpha value is -1.06. The highest BCUT2D eigenvalue weighted by Crippen LogP contribution is 2.25. The number of piperazine rings is 1. The number of nitrogens with zero attached hydrogens (tertiary/aromatic N) is 2. The lowest BCUT2D eigenvalue weighted by molar-refractivity contribution is 0.213. The second-order valence-corrected chi connectivity index (χ2v) is 6.48. The summed E-state index contributed by atoms with van der Waals surface area (Å²) in [6.45, 7) is 10.1. The molecule has 2 unspecified atom stereocenters. The molecular formula is C18H31N3. The van der Waals surface area contributed by atoms with E-state index in [-0.39, 0.29) is 6.04 Å². The number of rotatable bonds is 5. The monoisotopic (exact) mass is 289 g/mol. The molecule has 1 aromatic carbocycles. The molecule has 1 aromatic rings. The molecule has 0 aromatic heterocycles. The highest BCUT2D eigenvalue weighted by Gasteiger charge is 2.23. The average molecular weight is 289 g/mol. The van der Waals surface area contributed by atoms with Gasteiger partial charge in [0.15, 0.2) is 0 Å². The van der Waals surface area contributed by atoms with E-state index in [2.05, 4.69) is 55.8 Å². The zero-order valence-corrected chi connectivity index (χ0v) is 14.1. The third-order valence-corrected chi connectivity index (χ3v) is 4.87. The van der Waals surface area contributed by atoms with Gasteiger partial charge in [-0.1, -0.05) is 26.0 Å². The molecule has 0 spiro atoms. The lowest BCUT2D eigenvalue weighted by Gasteiger charge is -2.41. The Kier molecular flexibility index (Phi) is 5.65. The summed E-state index contributed by atoms with van der Waals surface area (Å²) >= 11 is 0. The number of benzene rings is 1. The Morgan fingerprint density at radius 2 is 2.05 bits per heavy atom. The first-order chi connectivity index (χ1) is 10.0. The summed E-state index contributed by atoms with van der Waals surface area (Å²) in [5, 5.41) is 0. The molecule has 0 radical (unpaired) electrons. The van der Waals surface area contributed by atoms with Gasteiger partial charge in [0, 0.05) is 37.4 Å². The first-order valence-electron chi connectivity index (χ1n) is 8.35. The van der Waals surface area contributed by atoms with Crippen molar-refractivity contribution >= 4 is 5.69 Å². The van der Waals surface area contributed by atoms with E-state index >= 15 is 0 Å². The maximum atomic E-state index is 6.07. The summed E-state index contributed by atoms with van der Waals surface area (Å²) in [5.74, 6) is 0. The minimum Gasteiger partial charge on any atom is -0.368 e. The summed E-state index contributed by atoms with van der Waals surface area (Å²) < 4.78 is 0. The molecule has 0 bridgehead atoms. The van der Waals surface area contributed by atoms with Gasteiger partial charge in [-0.25, -0.2) is 0 Å². The normalized spacial score (nSPS) is 21.6. The number of hydrogen-bond donors (Lipinski definition) is 1. The van der Waals surface area contributed by atoms with Gasteiger partial charge >= 0.3 is 0 Å². The molecule has 3 nitrogen and oxygen atoms in total. The fourth-order valence-electron chi connectivity index (χ4n) is 3.25. The van der Waals surface area contributed by atoms with Crippen LogP contribution in [0.15, 0.2) is 18.2 Å². The number of aryl methyl sites for hydroxylation is 1. The van der Waals surface area contributed by atoms with Crippen molar-refractivity contribution in [3.63, 3.8) is 0 Å². The largest absolute Gasteiger partial charge is 0.368 e. The third kappa shape index (κ3) is 3.98. The highest BCUT2D eigenvalue weighted by atomic mass is 15.3. The minimum atomic E-state index is 0.281. The molecule has 1 fully saturated rings. The molecule has 2 atom stereocenters. The number of hydrogen-bond acceptors (Lipinski definition) is 3. The molecule has 1 aliphatic heterocycles. The second-order valence-electron chi connectivity index (χ2n) is 6.48. The maximum absolute atomic E-state index is 6.07. The van der Waals surface area contributed by atoms with Gasteiger partial charge in [-0.3, -0.25) is 4.90 Å². The number of nitrogens with two attached hydrogens (primary N) is 1. The molecule has 1 heterocycles. The van der Waals surface area contributed by atoms with E-state index in [1.807, 2.05) is 0 Å². The van der Waals surface area contributed by atoms with E-state index in [0.717, 1.165) is 32.5 Å². The molecule has 0 aliphatic carbocycles. The third-order valence-electron chi connectivity index (χ3n) is 4.87. The SMILES string of the molecule is CCC(N)Cc1ccc(N2CCN(C)C(CC)C2)c(C)c1. The van der Waals surface area contributed by atoms with Crippen LogP contribution in [0.2, 0.25) is 0 Å². The molecule has 0 saturated carbocycles. The molecule has 1 saturated heterocycles. The topological polar surface area (TPSA) is 32.5 Å². The first-order valence-corrected chi connectivity index (χ1v) is 8.35. The van der Waals surface area contributed by atoms with Crippen LogP contribution in [-0.2, 0) is 6.42 Å². The lowest BCUT2D eigenvalue weighted by Crippen LogP contribution is -2.51. The van der Waals surface area contributed by atoms with Crippen molar-refractivity contribution in [1.29, 1.82) is 0 Å². The standard InChI is InChI=1S/C18H31N3/c1-5-16(19)12-15-7-8-18(14(3)11-15)21-10-9-20(4)17(6-2)13-21/h7-8,11,16-17H,5-6,9-10,12-13,19H2,1-4H3. The Bertz CT molecular complexity index is 458. The average Bonchev–Trinajstić information content (AvgIpc) is 2.48. The van der Waals surface area contributed by atoms with Gasteiger partial charge in [-0.05, 0) is 50.4 Å². The Morgan fingerprint density at radius 1 is 1.29 bits per heavy atom. The van der Waals surface area contributed by atoms with Crippen LogP contribution in [0.25, 0.3) is 0 Å². The van der Waals surface area contributed by atoms with Crippen LogP contribution in [0.5, 0.6) is 0 Å². The smallest absolute Gasteiger partial charge is 0.0397 e. The Balaban J connectivity index is 2.10. The highest BCUT2D eigenvalue weighted by molar-refractivity contribution is 5.55. The number of likely N-dealkylation sites (N-methyl/N-ethyl adjacent to an activating group) is 1. The van der Waals surface area contributed by atoms with E-state index in [9.17, 15) is 0 Å². The van der Waals surface area contributed by atoms with E-state index in [1.165, 1.54) is 23.2 Å². The van der Waals surface area contributed by atoms with Crippen molar-refractivity contribution in [2.45, 2.75) is 52.1 Å². The summed E-state index contributed by atoms with van der Waals surface area (Å²) in [6.07, 6.45) is 3.24. The van der Waals surface area contributed by atoms with Crippen molar-refractivity contribution < 1.29 is 0 Å². The Labute approximate surface area is 130 Å². The van der Waals surface area contributed by atoms with E-state index in [4.69, 9.17) is 5.73 Å². The second kappa shape index (κ2) is 7.28. The molecule has 0 amide bonds. The van der Waals surface area contributed by atoms with Crippen LogP contribution >= 0.6 is 0 Å². The van der Waals surface area contributed by atoms with Crippen LogP contribution in [-0.4, -0.2) is 43.7 Å². The first kappa shape index (κ1) is 16.3. The van der Waals surface area contributed by atoms with Crippen LogP contribution in [0.3, 0.4) is 0 Å². The van der Waals surface area contributed by atoms with Gasteiger partial charge in [0.25, 0.3) is 0 Å². The van der Waals surface area contributed by atoms with Crippen molar-refractivity contribution in [1.82, 2.24) is 4.90 Å². The van der Waals surface area contributed by atoms with Gasteiger partial charge in [0.2, 0.25) is 0 Å². The van der Waals surface area contributed by atoms with E-state index in [1.54, 1.807) is 0 Å². The van der Waals surface area contributed by atoms with Crippen LogP contribution in [0.4, 0.5) is 5.69 Å². The summed E-state index contributed by atoms with van der Waals surface area (Å²) in [7, 11) is 2.24.